The van der Waals surface area contributed by atoms with Gasteiger partial charge in [0.15, 0.2) is 0 Å². The molecular formula is C21H17Cl2N3O. The number of aliphatic imine (C=N–C) groups is 1. The summed E-state index contributed by atoms with van der Waals surface area (Å²) in [6.07, 6.45) is 0.797. The maximum absolute atomic E-state index is 6.14. The lowest BCUT2D eigenvalue weighted by atomic mass is 10.1. The molecule has 0 amide bonds. The minimum Gasteiger partial charge on any atom is -0.456 e. The molecule has 4 rings (SSSR count). The van der Waals surface area contributed by atoms with Crippen molar-refractivity contribution in [3.63, 3.8) is 0 Å². The molecule has 0 radical (unpaired) electrons. The van der Waals surface area contributed by atoms with Gasteiger partial charge >= 0.3 is 0 Å². The number of hydrogen-bond acceptors (Lipinski definition) is 3. The molecule has 3 N–H and O–H groups in total. The molecule has 0 atom stereocenters. The fourth-order valence-electron chi connectivity index (χ4n) is 2.87. The number of ether oxygens (including phenoxy) is 1. The Balaban J connectivity index is 1.40. The number of amidine groups is 1. The van der Waals surface area contributed by atoms with Crippen molar-refractivity contribution in [1.82, 2.24) is 0 Å². The molecule has 0 bridgehead atoms. The Hall–Kier alpha value is -2.69. The number of halogens is 2. The van der Waals surface area contributed by atoms with Crippen LogP contribution in [0.25, 0.3) is 0 Å². The fourth-order valence-corrected chi connectivity index (χ4v) is 3.32. The number of rotatable bonds is 4. The van der Waals surface area contributed by atoms with Crippen molar-refractivity contribution in [2.75, 3.05) is 11.1 Å². The zero-order valence-corrected chi connectivity index (χ0v) is 15.9. The smallest absolute Gasteiger partial charge is 0.146 e. The van der Waals surface area contributed by atoms with E-state index in [0.29, 0.717) is 28.1 Å². The van der Waals surface area contributed by atoms with E-state index in [1.54, 1.807) is 18.2 Å². The zero-order chi connectivity index (χ0) is 18.8. The van der Waals surface area contributed by atoms with E-state index < -0.39 is 0 Å². The Morgan fingerprint density at radius 2 is 1.81 bits per heavy atom. The predicted octanol–water partition coefficient (Wildman–Crippen LogP) is 5.93. The van der Waals surface area contributed by atoms with E-state index in [9.17, 15) is 0 Å². The molecular weight excluding hydrogens is 381 g/mol. The summed E-state index contributed by atoms with van der Waals surface area (Å²) in [5.74, 6) is 2.22. The van der Waals surface area contributed by atoms with Crippen molar-refractivity contribution in [1.29, 1.82) is 0 Å². The van der Waals surface area contributed by atoms with Crippen molar-refractivity contribution < 1.29 is 4.74 Å². The van der Waals surface area contributed by atoms with E-state index in [2.05, 4.69) is 10.3 Å². The molecule has 0 unspecified atom stereocenters. The lowest BCUT2D eigenvalue weighted by molar-refractivity contribution is 0.482. The number of anilines is 2. The number of nitrogens with zero attached hydrogens (tertiary/aromatic N) is 1. The summed E-state index contributed by atoms with van der Waals surface area (Å²) < 4.78 is 5.80. The molecule has 0 aliphatic carbocycles. The number of fused-ring (bicyclic) bond motifs is 1. The Labute approximate surface area is 167 Å². The zero-order valence-electron chi connectivity index (χ0n) is 14.4. The van der Waals surface area contributed by atoms with E-state index in [-0.39, 0.29) is 0 Å². The Kier molecular flexibility index (Phi) is 4.92. The van der Waals surface area contributed by atoms with Gasteiger partial charge in [-0.1, -0.05) is 41.4 Å². The van der Waals surface area contributed by atoms with Crippen LogP contribution in [-0.2, 0) is 13.0 Å². The number of nitrogens with one attached hydrogen (secondary N) is 1. The summed E-state index contributed by atoms with van der Waals surface area (Å²) >= 11 is 12.0. The summed E-state index contributed by atoms with van der Waals surface area (Å²) in [6.45, 7) is 0.591. The van der Waals surface area contributed by atoms with Crippen LogP contribution in [0.5, 0.6) is 11.5 Å². The Morgan fingerprint density at radius 1 is 1.00 bits per heavy atom. The van der Waals surface area contributed by atoms with E-state index in [0.717, 1.165) is 29.2 Å². The molecule has 4 nitrogen and oxygen atoms in total. The van der Waals surface area contributed by atoms with Crippen LogP contribution in [0.3, 0.4) is 0 Å². The minimum atomic E-state index is 0.477. The quantitative estimate of drug-likeness (QED) is 0.535. The number of benzene rings is 3. The highest BCUT2D eigenvalue weighted by atomic mass is 35.5. The van der Waals surface area contributed by atoms with Crippen LogP contribution < -0.4 is 15.8 Å². The van der Waals surface area contributed by atoms with E-state index in [1.165, 1.54) is 5.56 Å². The van der Waals surface area contributed by atoms with Gasteiger partial charge in [-0.25, -0.2) is 0 Å². The molecule has 1 heterocycles. The van der Waals surface area contributed by atoms with E-state index in [4.69, 9.17) is 33.7 Å². The van der Waals surface area contributed by atoms with Crippen LogP contribution >= 0.6 is 23.2 Å². The molecule has 3 aromatic rings. The molecule has 0 fully saturated rings. The van der Waals surface area contributed by atoms with Gasteiger partial charge in [-0.2, -0.15) is 0 Å². The van der Waals surface area contributed by atoms with Crippen molar-refractivity contribution in [3.05, 3.63) is 81.8 Å². The predicted molar refractivity (Wildman–Crippen MR) is 112 cm³/mol. The highest BCUT2D eigenvalue weighted by molar-refractivity contribution is 6.35. The van der Waals surface area contributed by atoms with Gasteiger partial charge in [0.2, 0.25) is 0 Å². The molecule has 6 heteroatoms. The maximum atomic E-state index is 6.14. The largest absolute Gasteiger partial charge is 0.456 e. The van der Waals surface area contributed by atoms with Gasteiger partial charge in [-0.3, -0.25) is 4.99 Å². The van der Waals surface area contributed by atoms with Gasteiger partial charge in [0, 0.05) is 22.8 Å². The second kappa shape index (κ2) is 7.51. The molecule has 0 saturated carbocycles. The van der Waals surface area contributed by atoms with Crippen LogP contribution in [0.1, 0.15) is 11.1 Å². The van der Waals surface area contributed by atoms with Crippen LogP contribution in [0, 0.1) is 0 Å². The second-order valence-corrected chi connectivity index (χ2v) is 7.15. The Bertz CT molecular complexity index is 1020. The number of hydrogen-bond donors (Lipinski definition) is 2. The van der Waals surface area contributed by atoms with Gasteiger partial charge < -0.3 is 15.8 Å². The molecule has 1 aliphatic heterocycles. The van der Waals surface area contributed by atoms with Gasteiger partial charge in [0.05, 0.1) is 11.6 Å². The van der Waals surface area contributed by atoms with Crippen molar-refractivity contribution in [3.8, 4) is 11.5 Å². The lowest BCUT2D eigenvalue weighted by Gasteiger charge is -2.08. The lowest BCUT2D eigenvalue weighted by Crippen LogP contribution is -2.06. The topological polar surface area (TPSA) is 59.6 Å². The first-order valence-corrected chi connectivity index (χ1v) is 9.23. The average molecular weight is 398 g/mol. The van der Waals surface area contributed by atoms with Gasteiger partial charge in [-0.05, 0) is 53.6 Å². The van der Waals surface area contributed by atoms with Crippen molar-refractivity contribution in [2.24, 2.45) is 4.99 Å². The molecule has 27 heavy (non-hydrogen) atoms. The highest BCUT2D eigenvalue weighted by Crippen LogP contribution is 2.31. The van der Waals surface area contributed by atoms with Gasteiger partial charge in [0.1, 0.15) is 17.3 Å². The first kappa shape index (κ1) is 17.7. The first-order chi connectivity index (χ1) is 13.1. The summed E-state index contributed by atoms with van der Waals surface area (Å²) in [5.41, 5.74) is 9.92. The molecule has 0 aromatic heterocycles. The second-order valence-electron chi connectivity index (χ2n) is 6.30. The third kappa shape index (κ3) is 4.18. The summed E-state index contributed by atoms with van der Waals surface area (Å²) in [6, 6.07) is 18.8. The average Bonchev–Trinajstić information content (AvgIpc) is 3.05. The van der Waals surface area contributed by atoms with Gasteiger partial charge in [-0.15, -0.1) is 0 Å². The third-order valence-corrected chi connectivity index (χ3v) is 4.80. The molecule has 0 saturated heterocycles. The minimum absolute atomic E-state index is 0.477. The molecule has 0 spiro atoms. The fraction of sp³-hybridized carbons (Fsp3) is 0.0952. The molecule has 136 valence electrons. The third-order valence-electron chi connectivity index (χ3n) is 4.27. The molecule has 1 aliphatic rings. The van der Waals surface area contributed by atoms with Crippen LogP contribution in [0.2, 0.25) is 10.0 Å². The highest BCUT2D eigenvalue weighted by Gasteiger charge is 2.15. The maximum Gasteiger partial charge on any atom is 0.146 e. The standard InChI is InChI=1S/C21H17Cl2N3O/c22-15-4-8-20(18(23)10-15)27-17-6-1-13(2-7-17)12-25-21-9-14-3-5-16(24)11-19(14)26-21/h1-8,10-11H,9,12,24H2,(H,25,26). The number of nitrogens with two attached hydrogens (primary N) is 1. The summed E-state index contributed by atoms with van der Waals surface area (Å²) in [4.78, 5) is 4.66. The van der Waals surface area contributed by atoms with Gasteiger partial charge in [0.25, 0.3) is 0 Å². The molecule has 3 aromatic carbocycles. The van der Waals surface area contributed by atoms with Crippen molar-refractivity contribution >= 4 is 40.4 Å². The monoisotopic (exact) mass is 397 g/mol. The van der Waals surface area contributed by atoms with E-state index >= 15 is 0 Å². The Morgan fingerprint density at radius 3 is 2.59 bits per heavy atom. The van der Waals surface area contributed by atoms with E-state index in [1.807, 2.05) is 42.5 Å². The summed E-state index contributed by atoms with van der Waals surface area (Å²) in [5, 5.41) is 4.37. The number of nitrogen functional groups attached to an aromatic ring is 1. The SMILES string of the molecule is Nc1ccc2c(c1)NC(=NCc1ccc(Oc3ccc(Cl)cc3Cl)cc1)C2. The summed E-state index contributed by atoms with van der Waals surface area (Å²) in [7, 11) is 0. The van der Waals surface area contributed by atoms with Crippen molar-refractivity contribution in [2.45, 2.75) is 13.0 Å². The van der Waals surface area contributed by atoms with Crippen LogP contribution in [0.4, 0.5) is 11.4 Å². The first-order valence-electron chi connectivity index (χ1n) is 8.47. The van der Waals surface area contributed by atoms with Crippen LogP contribution in [0.15, 0.2) is 65.7 Å². The normalized spacial score (nSPS) is 14.1. The van der Waals surface area contributed by atoms with Crippen LogP contribution in [-0.4, -0.2) is 5.84 Å².